The molecule has 8 nitrogen and oxygen atoms in total. The minimum Gasteiger partial charge on any atom is -0.381 e. The van der Waals surface area contributed by atoms with Crippen LogP contribution in [0.3, 0.4) is 0 Å². The van der Waals surface area contributed by atoms with Crippen LogP contribution in [0.2, 0.25) is 0 Å². The molecule has 5 rings (SSSR count). The maximum atomic E-state index is 13.9. The van der Waals surface area contributed by atoms with Crippen LogP contribution < -0.4 is 21.3 Å². The maximum absolute atomic E-state index is 13.9. The van der Waals surface area contributed by atoms with Gasteiger partial charge in [-0.25, -0.2) is 9.37 Å². The van der Waals surface area contributed by atoms with Crippen LogP contribution in [-0.4, -0.2) is 60.0 Å². The normalized spacial score (nSPS) is 26.7. The summed E-state index contributed by atoms with van der Waals surface area (Å²) in [4.78, 5) is 27.6. The second-order valence-corrected chi connectivity index (χ2v) is 9.40. The zero-order chi connectivity index (χ0) is 23.3. The first kappa shape index (κ1) is 21.6. The molecule has 2 aliphatic carbocycles. The number of halogens is 1. The standard InChI is InChI=1S/C24H30FN7O/c1-14-11-17(5-6-19(14)31-9-7-30(2)8-10-31)32(24-28-13-18(25)22(26)29-24)21-16-4-3-15(12-16)20(21)23(27)33/h3-6,11,13,15-16,20-21H,7-10,12H2,1-2H3,(H2,27,33)(H2,26,28,29). The van der Waals surface area contributed by atoms with Gasteiger partial charge in [-0.1, -0.05) is 12.2 Å². The Morgan fingerprint density at radius 1 is 1.18 bits per heavy atom. The van der Waals surface area contributed by atoms with E-state index in [1.807, 2.05) is 11.0 Å². The Labute approximate surface area is 193 Å². The Morgan fingerprint density at radius 2 is 1.91 bits per heavy atom. The number of nitrogen functional groups attached to an aromatic ring is 1. The molecule has 4 N–H and O–H groups in total. The van der Waals surface area contributed by atoms with Gasteiger partial charge in [0.1, 0.15) is 0 Å². The van der Waals surface area contributed by atoms with Crippen molar-refractivity contribution in [1.82, 2.24) is 14.9 Å². The molecule has 1 aromatic carbocycles. The lowest BCUT2D eigenvalue weighted by molar-refractivity contribution is -0.122. The van der Waals surface area contributed by atoms with Gasteiger partial charge in [0.15, 0.2) is 11.6 Å². The molecule has 0 radical (unpaired) electrons. The number of allylic oxidation sites excluding steroid dienone is 1. The molecule has 174 valence electrons. The van der Waals surface area contributed by atoms with E-state index in [2.05, 4.69) is 58.0 Å². The third kappa shape index (κ3) is 3.80. The molecule has 3 aliphatic rings. The number of nitrogens with zero attached hydrogens (tertiary/aromatic N) is 5. The monoisotopic (exact) mass is 451 g/mol. The van der Waals surface area contributed by atoms with E-state index in [9.17, 15) is 9.18 Å². The van der Waals surface area contributed by atoms with Crippen LogP contribution in [-0.2, 0) is 4.79 Å². The summed E-state index contributed by atoms with van der Waals surface area (Å²) in [6.07, 6.45) is 6.15. The zero-order valence-electron chi connectivity index (χ0n) is 19.0. The van der Waals surface area contributed by atoms with Crippen molar-refractivity contribution in [3.05, 3.63) is 47.9 Å². The average Bonchev–Trinajstić information content (AvgIpc) is 3.39. The van der Waals surface area contributed by atoms with Crippen molar-refractivity contribution in [2.45, 2.75) is 19.4 Å². The topological polar surface area (TPSA) is 105 Å². The first-order chi connectivity index (χ1) is 15.8. The first-order valence-electron chi connectivity index (χ1n) is 11.4. The second-order valence-electron chi connectivity index (χ2n) is 9.40. The van der Waals surface area contributed by atoms with Gasteiger partial charge in [-0.3, -0.25) is 4.79 Å². The predicted octanol–water partition coefficient (Wildman–Crippen LogP) is 2.07. The molecule has 4 unspecified atom stereocenters. The number of benzene rings is 1. The van der Waals surface area contributed by atoms with Gasteiger partial charge in [-0.05, 0) is 56.0 Å². The van der Waals surface area contributed by atoms with Gasteiger partial charge in [-0.15, -0.1) is 0 Å². The maximum Gasteiger partial charge on any atom is 0.232 e. The van der Waals surface area contributed by atoms with E-state index in [1.165, 1.54) is 5.69 Å². The molecule has 4 atom stereocenters. The van der Waals surface area contributed by atoms with Gasteiger partial charge in [0.25, 0.3) is 0 Å². The summed E-state index contributed by atoms with van der Waals surface area (Å²) in [6, 6.07) is 5.97. The lowest BCUT2D eigenvalue weighted by Gasteiger charge is -2.38. The number of hydrogen-bond acceptors (Lipinski definition) is 7. The summed E-state index contributed by atoms with van der Waals surface area (Å²) in [5, 5.41) is 0. The summed E-state index contributed by atoms with van der Waals surface area (Å²) < 4.78 is 13.9. The lowest BCUT2D eigenvalue weighted by Crippen LogP contribution is -2.47. The van der Waals surface area contributed by atoms with Gasteiger partial charge in [0, 0.05) is 37.6 Å². The number of primary amides is 1. The van der Waals surface area contributed by atoms with Crippen LogP contribution in [0.5, 0.6) is 0 Å². The van der Waals surface area contributed by atoms with Crippen molar-refractivity contribution < 1.29 is 9.18 Å². The number of piperazine rings is 1. The average molecular weight is 452 g/mol. The Morgan fingerprint density at radius 3 is 2.58 bits per heavy atom. The van der Waals surface area contributed by atoms with Crippen LogP contribution in [0, 0.1) is 30.5 Å². The second kappa shape index (κ2) is 8.30. The number of fused-ring (bicyclic) bond motifs is 2. The van der Waals surface area contributed by atoms with Crippen molar-refractivity contribution in [2.24, 2.45) is 23.5 Å². The van der Waals surface area contributed by atoms with Crippen LogP contribution in [0.1, 0.15) is 12.0 Å². The van der Waals surface area contributed by atoms with Crippen molar-refractivity contribution in [3.8, 4) is 0 Å². The summed E-state index contributed by atoms with van der Waals surface area (Å²) >= 11 is 0. The minimum atomic E-state index is -0.667. The molecule has 9 heteroatoms. The molecule has 33 heavy (non-hydrogen) atoms. The fourth-order valence-corrected chi connectivity index (χ4v) is 5.63. The van der Waals surface area contributed by atoms with Crippen LogP contribution in [0.4, 0.5) is 27.5 Å². The van der Waals surface area contributed by atoms with Crippen molar-refractivity contribution >= 4 is 29.0 Å². The highest BCUT2D eigenvalue weighted by Crippen LogP contribution is 2.49. The number of amides is 1. The Hall–Kier alpha value is -3.20. The zero-order valence-corrected chi connectivity index (χ0v) is 19.0. The quantitative estimate of drug-likeness (QED) is 0.671. The highest BCUT2D eigenvalue weighted by molar-refractivity contribution is 5.81. The van der Waals surface area contributed by atoms with Crippen LogP contribution >= 0.6 is 0 Å². The van der Waals surface area contributed by atoms with Gasteiger partial charge in [-0.2, -0.15) is 4.98 Å². The molecule has 1 aliphatic heterocycles. The molecule has 2 bridgehead atoms. The van der Waals surface area contributed by atoms with Gasteiger partial charge in [0.05, 0.1) is 18.2 Å². The fraction of sp³-hybridized carbons (Fsp3) is 0.458. The lowest BCUT2D eigenvalue weighted by atomic mass is 9.87. The molecule has 0 spiro atoms. The molecular formula is C24H30FN7O. The van der Waals surface area contributed by atoms with Crippen LogP contribution in [0.25, 0.3) is 0 Å². The first-order valence-corrected chi connectivity index (χ1v) is 11.4. The van der Waals surface area contributed by atoms with Crippen molar-refractivity contribution in [3.63, 3.8) is 0 Å². The Kier molecular flexibility index (Phi) is 5.44. The fourth-order valence-electron chi connectivity index (χ4n) is 5.63. The molecule has 2 fully saturated rings. The van der Waals surface area contributed by atoms with Gasteiger partial charge < -0.3 is 26.2 Å². The highest BCUT2D eigenvalue weighted by atomic mass is 19.1. The van der Waals surface area contributed by atoms with E-state index in [4.69, 9.17) is 11.5 Å². The van der Waals surface area contributed by atoms with E-state index in [0.717, 1.165) is 50.0 Å². The smallest absolute Gasteiger partial charge is 0.232 e. The van der Waals surface area contributed by atoms with E-state index in [-0.39, 0.29) is 41.5 Å². The number of aromatic nitrogens is 2. The van der Waals surface area contributed by atoms with Crippen LogP contribution in [0.15, 0.2) is 36.5 Å². The van der Waals surface area contributed by atoms with E-state index in [1.54, 1.807) is 0 Å². The minimum absolute atomic E-state index is 0.0866. The molecule has 2 heterocycles. The largest absolute Gasteiger partial charge is 0.381 e. The SMILES string of the molecule is Cc1cc(N(c2ncc(F)c(N)n2)C2C3C=CC(C3)C2C(N)=O)ccc1N1CCN(C)CC1. The van der Waals surface area contributed by atoms with Gasteiger partial charge >= 0.3 is 0 Å². The third-order valence-electron chi connectivity index (χ3n) is 7.32. The number of nitrogens with two attached hydrogens (primary N) is 2. The number of anilines is 4. The van der Waals surface area contributed by atoms with Crippen molar-refractivity contribution in [1.29, 1.82) is 0 Å². The number of carbonyl (C=O) groups is 1. The predicted molar refractivity (Wildman–Crippen MR) is 127 cm³/mol. The summed E-state index contributed by atoms with van der Waals surface area (Å²) in [5.41, 5.74) is 14.8. The van der Waals surface area contributed by atoms with E-state index < -0.39 is 5.82 Å². The summed E-state index contributed by atoms with van der Waals surface area (Å²) in [6.45, 7) is 6.07. The Balaban J connectivity index is 1.56. The summed E-state index contributed by atoms with van der Waals surface area (Å²) in [7, 11) is 2.14. The van der Waals surface area contributed by atoms with Gasteiger partial charge in [0.2, 0.25) is 11.9 Å². The molecule has 1 saturated heterocycles. The molecule has 1 saturated carbocycles. The highest BCUT2D eigenvalue weighted by Gasteiger charge is 2.51. The summed E-state index contributed by atoms with van der Waals surface area (Å²) in [5.74, 6) is -1.12. The number of aryl methyl sites for hydroxylation is 1. The number of rotatable bonds is 5. The van der Waals surface area contributed by atoms with E-state index >= 15 is 0 Å². The molecule has 2 aromatic rings. The van der Waals surface area contributed by atoms with Crippen molar-refractivity contribution in [2.75, 3.05) is 48.8 Å². The molecule has 1 aromatic heterocycles. The molecule has 1 amide bonds. The van der Waals surface area contributed by atoms with E-state index in [0.29, 0.717) is 0 Å². The molecular weight excluding hydrogens is 421 g/mol. The third-order valence-corrected chi connectivity index (χ3v) is 7.32. The number of carbonyl (C=O) groups excluding carboxylic acids is 1. The number of hydrogen-bond donors (Lipinski definition) is 2. The number of likely N-dealkylation sites (N-methyl/N-ethyl adjacent to an activating group) is 1. The Bertz CT molecular complexity index is 1100.